The van der Waals surface area contributed by atoms with Crippen LogP contribution in [0.1, 0.15) is 48.9 Å². The predicted molar refractivity (Wildman–Crippen MR) is 110 cm³/mol. The summed E-state index contributed by atoms with van der Waals surface area (Å²) in [6, 6.07) is 7.60. The Morgan fingerprint density at radius 3 is 2.63 bits per heavy atom. The van der Waals surface area contributed by atoms with Gasteiger partial charge in [-0.2, -0.15) is 0 Å². The summed E-state index contributed by atoms with van der Waals surface area (Å²) in [5, 5.41) is 3.07. The van der Waals surface area contributed by atoms with Crippen molar-refractivity contribution in [2.24, 2.45) is 17.6 Å². The highest BCUT2D eigenvalue weighted by atomic mass is 32.2. The standard InChI is InChI=1S/C21H31N3O2S/c22-12-17-10-11-24(14-17)21(26)18-8-4-5-9-19(18)27-15-20(25)23-13-16-6-2-1-3-7-16/h4-5,8-9,16-17H,1-3,6-7,10-15,22H2,(H,23,25). The average Bonchev–Trinajstić information content (AvgIpc) is 3.20. The maximum atomic E-state index is 12.9. The lowest BCUT2D eigenvalue weighted by Gasteiger charge is -2.21. The van der Waals surface area contributed by atoms with Crippen molar-refractivity contribution in [3.05, 3.63) is 29.8 Å². The molecule has 1 aliphatic heterocycles. The molecule has 5 nitrogen and oxygen atoms in total. The van der Waals surface area contributed by atoms with E-state index >= 15 is 0 Å². The van der Waals surface area contributed by atoms with Crippen molar-refractivity contribution in [3.8, 4) is 0 Å². The second-order valence-electron chi connectivity index (χ2n) is 7.73. The first-order valence-corrected chi connectivity index (χ1v) is 11.1. The SMILES string of the molecule is NCC1CCN(C(=O)c2ccccc2SCC(=O)NCC2CCCCC2)C1. The summed E-state index contributed by atoms with van der Waals surface area (Å²) >= 11 is 1.45. The zero-order valence-corrected chi connectivity index (χ0v) is 16.8. The molecule has 148 valence electrons. The number of carbonyl (C=O) groups excluding carboxylic acids is 2. The molecule has 27 heavy (non-hydrogen) atoms. The van der Waals surface area contributed by atoms with Crippen LogP contribution in [0.2, 0.25) is 0 Å². The highest BCUT2D eigenvalue weighted by Gasteiger charge is 2.27. The van der Waals surface area contributed by atoms with Crippen molar-refractivity contribution in [1.29, 1.82) is 0 Å². The smallest absolute Gasteiger partial charge is 0.254 e. The number of amides is 2. The van der Waals surface area contributed by atoms with E-state index < -0.39 is 0 Å². The van der Waals surface area contributed by atoms with Crippen molar-refractivity contribution in [3.63, 3.8) is 0 Å². The fourth-order valence-corrected chi connectivity index (χ4v) is 4.87. The molecule has 1 saturated carbocycles. The summed E-state index contributed by atoms with van der Waals surface area (Å²) in [5.41, 5.74) is 6.44. The molecule has 3 N–H and O–H groups in total. The zero-order valence-electron chi connectivity index (χ0n) is 16.0. The van der Waals surface area contributed by atoms with E-state index in [0.717, 1.165) is 31.0 Å². The van der Waals surface area contributed by atoms with Crippen LogP contribution >= 0.6 is 11.8 Å². The fraction of sp³-hybridized carbons (Fsp3) is 0.619. The third-order valence-corrected chi connectivity index (χ3v) is 6.77. The Bertz CT molecular complexity index is 646. The fourth-order valence-electron chi connectivity index (χ4n) is 3.99. The van der Waals surface area contributed by atoms with Crippen LogP contribution in [0.5, 0.6) is 0 Å². The minimum Gasteiger partial charge on any atom is -0.355 e. The molecule has 1 heterocycles. The second-order valence-corrected chi connectivity index (χ2v) is 8.75. The van der Waals surface area contributed by atoms with Crippen molar-refractivity contribution < 1.29 is 9.59 Å². The molecular formula is C21H31N3O2S. The summed E-state index contributed by atoms with van der Waals surface area (Å²) < 4.78 is 0. The van der Waals surface area contributed by atoms with E-state index in [1.54, 1.807) is 0 Å². The van der Waals surface area contributed by atoms with Gasteiger partial charge < -0.3 is 16.0 Å². The molecule has 1 atom stereocenters. The Morgan fingerprint density at radius 2 is 1.89 bits per heavy atom. The molecule has 0 bridgehead atoms. The van der Waals surface area contributed by atoms with E-state index in [4.69, 9.17) is 5.73 Å². The van der Waals surface area contributed by atoms with Gasteiger partial charge in [0.05, 0.1) is 11.3 Å². The monoisotopic (exact) mass is 389 g/mol. The number of nitrogens with zero attached hydrogens (tertiary/aromatic N) is 1. The third-order valence-electron chi connectivity index (χ3n) is 5.70. The van der Waals surface area contributed by atoms with Crippen LogP contribution in [0.3, 0.4) is 0 Å². The molecule has 1 unspecified atom stereocenters. The summed E-state index contributed by atoms with van der Waals surface area (Å²) in [7, 11) is 0. The first kappa shape index (κ1) is 20.2. The lowest BCUT2D eigenvalue weighted by molar-refractivity contribution is -0.118. The molecule has 2 fully saturated rings. The minimum atomic E-state index is 0.0525. The van der Waals surface area contributed by atoms with Crippen LogP contribution in [0.4, 0.5) is 0 Å². The Balaban J connectivity index is 1.51. The summed E-state index contributed by atoms with van der Waals surface area (Å²) in [4.78, 5) is 27.9. The summed E-state index contributed by atoms with van der Waals surface area (Å²) in [6.45, 7) is 2.91. The predicted octanol–water partition coefficient (Wildman–Crippen LogP) is 2.90. The van der Waals surface area contributed by atoms with Gasteiger partial charge in [-0.3, -0.25) is 9.59 Å². The highest BCUT2D eigenvalue weighted by Crippen LogP contribution is 2.26. The molecular weight excluding hydrogens is 358 g/mol. The van der Waals surface area contributed by atoms with Gasteiger partial charge >= 0.3 is 0 Å². The van der Waals surface area contributed by atoms with E-state index in [2.05, 4.69) is 5.32 Å². The molecule has 1 aromatic carbocycles. The quantitative estimate of drug-likeness (QED) is 0.703. The topological polar surface area (TPSA) is 75.4 Å². The molecule has 1 aliphatic carbocycles. The number of likely N-dealkylation sites (tertiary alicyclic amines) is 1. The molecule has 6 heteroatoms. The van der Waals surface area contributed by atoms with Crippen LogP contribution in [0, 0.1) is 11.8 Å². The molecule has 2 aliphatic rings. The van der Waals surface area contributed by atoms with Gasteiger partial charge in [0.2, 0.25) is 5.91 Å². The third kappa shape index (κ3) is 5.72. The maximum absolute atomic E-state index is 12.9. The van der Waals surface area contributed by atoms with E-state index in [1.807, 2.05) is 29.2 Å². The number of nitrogens with one attached hydrogen (secondary N) is 1. The molecule has 2 amide bonds. The minimum absolute atomic E-state index is 0.0525. The normalized spacial score (nSPS) is 20.6. The van der Waals surface area contributed by atoms with Gasteiger partial charge in [-0.25, -0.2) is 0 Å². The first-order chi connectivity index (χ1) is 13.2. The van der Waals surface area contributed by atoms with Gasteiger partial charge in [-0.15, -0.1) is 11.8 Å². The van der Waals surface area contributed by atoms with E-state index in [0.29, 0.717) is 29.7 Å². The van der Waals surface area contributed by atoms with Crippen LogP contribution in [0.25, 0.3) is 0 Å². The van der Waals surface area contributed by atoms with E-state index in [1.165, 1.54) is 43.9 Å². The molecule has 1 saturated heterocycles. The van der Waals surface area contributed by atoms with Gasteiger partial charge in [-0.05, 0) is 49.8 Å². The number of carbonyl (C=O) groups is 2. The largest absolute Gasteiger partial charge is 0.355 e. The van der Waals surface area contributed by atoms with Crippen molar-refractivity contribution in [2.75, 3.05) is 31.9 Å². The summed E-state index contributed by atoms with van der Waals surface area (Å²) in [5.74, 6) is 1.49. The van der Waals surface area contributed by atoms with Crippen molar-refractivity contribution >= 4 is 23.6 Å². The molecule has 3 rings (SSSR count). The van der Waals surface area contributed by atoms with Gasteiger partial charge in [0.1, 0.15) is 0 Å². The Morgan fingerprint density at radius 1 is 1.11 bits per heavy atom. The number of hydrogen-bond donors (Lipinski definition) is 2. The lowest BCUT2D eigenvalue weighted by Crippen LogP contribution is -2.32. The lowest BCUT2D eigenvalue weighted by atomic mass is 9.89. The van der Waals surface area contributed by atoms with Crippen molar-refractivity contribution in [2.45, 2.75) is 43.4 Å². The number of rotatable bonds is 7. The average molecular weight is 390 g/mol. The molecule has 0 aromatic heterocycles. The maximum Gasteiger partial charge on any atom is 0.254 e. The highest BCUT2D eigenvalue weighted by molar-refractivity contribution is 8.00. The molecule has 0 spiro atoms. The second kappa shape index (κ2) is 10.1. The van der Waals surface area contributed by atoms with Crippen molar-refractivity contribution in [1.82, 2.24) is 10.2 Å². The number of thioether (sulfide) groups is 1. The van der Waals surface area contributed by atoms with Crippen LogP contribution in [0.15, 0.2) is 29.2 Å². The van der Waals surface area contributed by atoms with Gasteiger partial charge in [0.15, 0.2) is 0 Å². The number of benzene rings is 1. The summed E-state index contributed by atoms with van der Waals surface area (Å²) in [6.07, 6.45) is 7.32. The van der Waals surface area contributed by atoms with Crippen LogP contribution in [-0.2, 0) is 4.79 Å². The zero-order chi connectivity index (χ0) is 19.1. The Hall–Kier alpha value is -1.53. The van der Waals surface area contributed by atoms with Crippen LogP contribution < -0.4 is 11.1 Å². The Labute approximate surface area is 166 Å². The van der Waals surface area contributed by atoms with Gasteiger partial charge in [-0.1, -0.05) is 31.4 Å². The molecule has 1 aromatic rings. The van der Waals surface area contributed by atoms with E-state index in [9.17, 15) is 9.59 Å². The van der Waals surface area contributed by atoms with Crippen LogP contribution in [-0.4, -0.2) is 48.6 Å². The van der Waals surface area contributed by atoms with Gasteiger partial charge in [0, 0.05) is 24.5 Å². The Kier molecular flexibility index (Phi) is 7.59. The van der Waals surface area contributed by atoms with E-state index in [-0.39, 0.29) is 11.8 Å². The van der Waals surface area contributed by atoms with Gasteiger partial charge in [0.25, 0.3) is 5.91 Å². The number of nitrogens with two attached hydrogens (primary N) is 1. The first-order valence-electron chi connectivity index (χ1n) is 10.1. The molecule has 0 radical (unpaired) electrons. The number of hydrogen-bond acceptors (Lipinski definition) is 4.